The molecule has 0 spiro atoms. The lowest BCUT2D eigenvalue weighted by Gasteiger charge is -2.11. The van der Waals surface area contributed by atoms with Crippen LogP contribution in [-0.4, -0.2) is 24.5 Å². The molecule has 19 heavy (non-hydrogen) atoms. The molecule has 0 bridgehead atoms. The van der Waals surface area contributed by atoms with E-state index in [9.17, 15) is 0 Å². The normalized spacial score (nSPS) is 12.8. The largest absolute Gasteiger partial charge is 0.323 e. The molecule has 0 aliphatic heterocycles. The predicted octanol–water partition coefficient (Wildman–Crippen LogP) is 1.23. The van der Waals surface area contributed by atoms with Gasteiger partial charge in [0, 0.05) is 37.8 Å². The van der Waals surface area contributed by atoms with Crippen molar-refractivity contribution in [2.45, 2.75) is 45.7 Å². The fourth-order valence-electron chi connectivity index (χ4n) is 2.29. The van der Waals surface area contributed by atoms with E-state index in [0.29, 0.717) is 6.42 Å². The van der Waals surface area contributed by atoms with Crippen LogP contribution in [-0.2, 0) is 26.4 Å². The third kappa shape index (κ3) is 3.01. The molecule has 0 radical (unpaired) electrons. The average Bonchev–Trinajstić information content (AvgIpc) is 2.97. The standard InChI is InChI=1S/C13H22N6/c1-4-6-19-13(15-9-16-19)7-11(14)10-8-18(3)17-12(10)5-2/h8-9,11H,4-7,14H2,1-3H3. The monoisotopic (exact) mass is 262 g/mol. The Balaban J connectivity index is 2.15. The molecule has 2 N–H and O–H groups in total. The highest BCUT2D eigenvalue weighted by Gasteiger charge is 2.17. The quantitative estimate of drug-likeness (QED) is 0.849. The highest BCUT2D eigenvalue weighted by atomic mass is 15.3. The summed E-state index contributed by atoms with van der Waals surface area (Å²) in [4.78, 5) is 4.31. The van der Waals surface area contributed by atoms with Crippen LogP contribution in [0.2, 0.25) is 0 Å². The molecule has 2 rings (SSSR count). The van der Waals surface area contributed by atoms with Gasteiger partial charge in [-0.15, -0.1) is 0 Å². The summed E-state index contributed by atoms with van der Waals surface area (Å²) in [7, 11) is 1.93. The smallest absolute Gasteiger partial charge is 0.138 e. The molecule has 1 unspecified atom stereocenters. The summed E-state index contributed by atoms with van der Waals surface area (Å²) in [5, 5.41) is 8.66. The Hall–Kier alpha value is -1.69. The van der Waals surface area contributed by atoms with Crippen LogP contribution < -0.4 is 5.73 Å². The van der Waals surface area contributed by atoms with E-state index in [0.717, 1.165) is 36.5 Å². The number of hydrogen-bond acceptors (Lipinski definition) is 4. The Morgan fingerprint density at radius 3 is 2.84 bits per heavy atom. The maximum atomic E-state index is 6.31. The van der Waals surface area contributed by atoms with E-state index in [4.69, 9.17) is 5.73 Å². The van der Waals surface area contributed by atoms with Crippen molar-refractivity contribution in [1.29, 1.82) is 0 Å². The Labute approximate surface area is 113 Å². The molecular weight excluding hydrogens is 240 g/mol. The summed E-state index contributed by atoms with van der Waals surface area (Å²) in [6.45, 7) is 5.11. The molecule has 0 amide bonds. The Morgan fingerprint density at radius 1 is 1.37 bits per heavy atom. The minimum atomic E-state index is -0.0801. The molecule has 104 valence electrons. The van der Waals surface area contributed by atoms with Crippen LogP contribution in [0.1, 0.15) is 43.4 Å². The number of nitrogens with two attached hydrogens (primary N) is 1. The molecule has 0 saturated carbocycles. The van der Waals surface area contributed by atoms with Gasteiger partial charge in [-0.2, -0.15) is 10.2 Å². The molecule has 0 aliphatic carbocycles. The minimum Gasteiger partial charge on any atom is -0.323 e. The van der Waals surface area contributed by atoms with Gasteiger partial charge in [0.05, 0.1) is 5.69 Å². The summed E-state index contributed by atoms with van der Waals surface area (Å²) in [5.74, 6) is 0.945. The molecule has 0 fully saturated rings. The third-order valence-electron chi connectivity index (χ3n) is 3.21. The van der Waals surface area contributed by atoms with E-state index < -0.39 is 0 Å². The summed E-state index contributed by atoms with van der Waals surface area (Å²) in [5.41, 5.74) is 8.48. The molecule has 2 aromatic rings. The van der Waals surface area contributed by atoms with Crippen molar-refractivity contribution >= 4 is 0 Å². The zero-order valence-electron chi connectivity index (χ0n) is 11.9. The third-order valence-corrected chi connectivity index (χ3v) is 3.21. The highest BCUT2D eigenvalue weighted by Crippen LogP contribution is 2.18. The molecule has 0 aliphatic rings. The van der Waals surface area contributed by atoms with Gasteiger partial charge in [0.2, 0.25) is 0 Å². The van der Waals surface area contributed by atoms with E-state index in [1.54, 1.807) is 6.33 Å². The van der Waals surface area contributed by atoms with Crippen molar-refractivity contribution in [1.82, 2.24) is 24.5 Å². The highest BCUT2D eigenvalue weighted by molar-refractivity contribution is 5.22. The van der Waals surface area contributed by atoms with Crippen LogP contribution >= 0.6 is 0 Å². The molecule has 2 heterocycles. The van der Waals surface area contributed by atoms with Crippen molar-refractivity contribution in [3.8, 4) is 0 Å². The maximum absolute atomic E-state index is 6.31. The zero-order chi connectivity index (χ0) is 13.8. The Kier molecular flexibility index (Phi) is 4.31. The van der Waals surface area contributed by atoms with Crippen LogP contribution in [0.15, 0.2) is 12.5 Å². The second-order valence-electron chi connectivity index (χ2n) is 4.77. The van der Waals surface area contributed by atoms with Crippen molar-refractivity contribution in [2.75, 3.05) is 0 Å². The van der Waals surface area contributed by atoms with E-state index in [1.165, 1.54) is 0 Å². The van der Waals surface area contributed by atoms with Gasteiger partial charge < -0.3 is 5.73 Å². The van der Waals surface area contributed by atoms with E-state index in [2.05, 4.69) is 29.0 Å². The van der Waals surface area contributed by atoms with Crippen LogP contribution in [0, 0.1) is 0 Å². The molecular formula is C13H22N6. The van der Waals surface area contributed by atoms with Crippen molar-refractivity contribution in [3.63, 3.8) is 0 Å². The van der Waals surface area contributed by atoms with Gasteiger partial charge in [0.1, 0.15) is 12.2 Å². The lowest BCUT2D eigenvalue weighted by molar-refractivity contribution is 0.547. The van der Waals surface area contributed by atoms with E-state index >= 15 is 0 Å². The average molecular weight is 262 g/mol. The number of aromatic nitrogens is 5. The number of hydrogen-bond donors (Lipinski definition) is 1. The van der Waals surface area contributed by atoms with Gasteiger partial charge >= 0.3 is 0 Å². The van der Waals surface area contributed by atoms with Gasteiger partial charge in [-0.25, -0.2) is 4.98 Å². The van der Waals surface area contributed by atoms with Gasteiger partial charge in [-0.3, -0.25) is 9.36 Å². The first-order chi connectivity index (χ1) is 9.15. The first-order valence-electron chi connectivity index (χ1n) is 6.80. The molecule has 0 aromatic carbocycles. The zero-order valence-corrected chi connectivity index (χ0v) is 11.9. The van der Waals surface area contributed by atoms with Crippen molar-refractivity contribution in [3.05, 3.63) is 29.6 Å². The fraction of sp³-hybridized carbons (Fsp3) is 0.615. The predicted molar refractivity (Wildman–Crippen MR) is 73.5 cm³/mol. The second-order valence-corrected chi connectivity index (χ2v) is 4.77. The second kappa shape index (κ2) is 5.97. The number of aryl methyl sites for hydroxylation is 3. The molecule has 6 nitrogen and oxygen atoms in total. The van der Waals surface area contributed by atoms with Gasteiger partial charge in [-0.05, 0) is 12.8 Å². The van der Waals surface area contributed by atoms with E-state index in [-0.39, 0.29) is 6.04 Å². The topological polar surface area (TPSA) is 74.6 Å². The van der Waals surface area contributed by atoms with Crippen LogP contribution in [0.4, 0.5) is 0 Å². The first kappa shape index (κ1) is 13.7. The van der Waals surface area contributed by atoms with Crippen LogP contribution in [0.25, 0.3) is 0 Å². The molecule has 6 heteroatoms. The van der Waals surface area contributed by atoms with Crippen molar-refractivity contribution < 1.29 is 0 Å². The lowest BCUT2D eigenvalue weighted by atomic mass is 10.0. The molecule has 1 atom stereocenters. The van der Waals surface area contributed by atoms with Gasteiger partial charge in [0.15, 0.2) is 0 Å². The summed E-state index contributed by atoms with van der Waals surface area (Å²) < 4.78 is 3.76. The van der Waals surface area contributed by atoms with Crippen LogP contribution in [0.3, 0.4) is 0 Å². The summed E-state index contributed by atoms with van der Waals surface area (Å²) >= 11 is 0. The van der Waals surface area contributed by atoms with E-state index in [1.807, 2.05) is 22.6 Å². The number of nitrogens with zero attached hydrogens (tertiary/aromatic N) is 5. The first-order valence-corrected chi connectivity index (χ1v) is 6.80. The minimum absolute atomic E-state index is 0.0801. The summed E-state index contributed by atoms with van der Waals surface area (Å²) in [6, 6.07) is -0.0801. The number of rotatable bonds is 6. The van der Waals surface area contributed by atoms with Crippen molar-refractivity contribution in [2.24, 2.45) is 12.8 Å². The fourth-order valence-corrected chi connectivity index (χ4v) is 2.29. The van der Waals surface area contributed by atoms with Gasteiger partial charge in [-0.1, -0.05) is 13.8 Å². The lowest BCUT2D eigenvalue weighted by Crippen LogP contribution is -2.18. The molecule has 0 saturated heterocycles. The van der Waals surface area contributed by atoms with Gasteiger partial charge in [0.25, 0.3) is 0 Å². The Bertz CT molecular complexity index is 527. The Morgan fingerprint density at radius 2 is 2.16 bits per heavy atom. The summed E-state index contributed by atoms with van der Waals surface area (Å²) in [6.07, 6.45) is 6.23. The maximum Gasteiger partial charge on any atom is 0.138 e. The SMILES string of the molecule is CCCn1ncnc1CC(N)c1cn(C)nc1CC. The van der Waals surface area contributed by atoms with Crippen LogP contribution in [0.5, 0.6) is 0 Å². The molecule has 2 aromatic heterocycles.